The third-order valence-corrected chi connectivity index (χ3v) is 5.83. The summed E-state index contributed by atoms with van der Waals surface area (Å²) in [7, 11) is 2.00. The van der Waals surface area contributed by atoms with Gasteiger partial charge in [-0.1, -0.05) is 55.4 Å². The molecule has 0 radical (unpaired) electrons. The Morgan fingerprint density at radius 2 is 1.69 bits per heavy atom. The highest BCUT2D eigenvalue weighted by atomic mass is 16.5. The van der Waals surface area contributed by atoms with E-state index in [2.05, 4.69) is 41.0 Å². The van der Waals surface area contributed by atoms with E-state index in [-0.39, 0.29) is 12.4 Å². The van der Waals surface area contributed by atoms with Crippen LogP contribution in [0.1, 0.15) is 25.3 Å². The van der Waals surface area contributed by atoms with Crippen LogP contribution in [0, 0.1) is 0 Å². The summed E-state index contributed by atoms with van der Waals surface area (Å²) in [5.74, 6) is 1.22. The molecule has 3 N–H and O–H groups in total. The highest BCUT2D eigenvalue weighted by Gasteiger charge is 2.16. The Balaban J connectivity index is 1.51. The number of hydrogen-bond acceptors (Lipinski definition) is 8. The van der Waals surface area contributed by atoms with Crippen molar-refractivity contribution in [2.24, 2.45) is 0 Å². The van der Waals surface area contributed by atoms with E-state index < -0.39 is 0 Å². The van der Waals surface area contributed by atoms with Gasteiger partial charge in [-0.2, -0.15) is 0 Å². The number of aliphatic hydroxyl groups is 1. The second kappa shape index (κ2) is 11.1. The minimum atomic E-state index is 0.0328. The Hall–Kier alpha value is -3.75. The van der Waals surface area contributed by atoms with E-state index in [1.807, 2.05) is 49.5 Å². The average molecular weight is 474 g/mol. The zero-order chi connectivity index (χ0) is 24.8. The third-order valence-electron chi connectivity index (χ3n) is 5.83. The van der Waals surface area contributed by atoms with Crippen LogP contribution in [-0.4, -0.2) is 53.6 Å². The number of benzene rings is 2. The molecule has 4 rings (SSSR count). The molecule has 8 nitrogen and oxygen atoms in total. The van der Waals surface area contributed by atoms with Crippen LogP contribution in [0.15, 0.2) is 65.3 Å². The first-order valence-corrected chi connectivity index (χ1v) is 11.7. The number of likely N-dealkylation sites (N-methyl/N-ethyl adjacent to an activating group) is 1. The summed E-state index contributed by atoms with van der Waals surface area (Å²) in [6.45, 7) is 5.99. The van der Waals surface area contributed by atoms with E-state index in [4.69, 9.17) is 25.1 Å². The molecular weight excluding hydrogens is 442 g/mol. The lowest BCUT2D eigenvalue weighted by Gasteiger charge is -2.19. The summed E-state index contributed by atoms with van der Waals surface area (Å²) in [6, 6.07) is 18.1. The number of ether oxygens (including phenoxy) is 1. The van der Waals surface area contributed by atoms with Gasteiger partial charge in [0, 0.05) is 36.5 Å². The van der Waals surface area contributed by atoms with Crippen molar-refractivity contribution >= 4 is 11.5 Å². The molecule has 0 unspecified atom stereocenters. The topological polar surface area (TPSA) is 111 Å². The van der Waals surface area contributed by atoms with Gasteiger partial charge in [-0.25, -0.2) is 9.97 Å². The van der Waals surface area contributed by atoms with E-state index >= 15 is 0 Å². The van der Waals surface area contributed by atoms with Crippen molar-refractivity contribution in [2.45, 2.75) is 19.8 Å². The van der Waals surface area contributed by atoms with Crippen molar-refractivity contribution in [2.75, 3.05) is 44.0 Å². The molecule has 0 saturated heterocycles. The van der Waals surface area contributed by atoms with Crippen LogP contribution >= 0.6 is 0 Å². The van der Waals surface area contributed by atoms with Crippen LogP contribution in [-0.2, 0) is 4.74 Å². The number of aromatic nitrogens is 3. The Morgan fingerprint density at radius 3 is 2.37 bits per heavy atom. The summed E-state index contributed by atoms with van der Waals surface area (Å²) >= 11 is 0. The van der Waals surface area contributed by atoms with E-state index in [1.54, 1.807) is 6.20 Å². The highest BCUT2D eigenvalue weighted by molar-refractivity contribution is 5.73. The molecule has 0 bridgehead atoms. The van der Waals surface area contributed by atoms with Crippen molar-refractivity contribution in [3.8, 4) is 34.0 Å². The first-order valence-electron chi connectivity index (χ1n) is 11.7. The third kappa shape index (κ3) is 5.85. The molecule has 0 aliphatic heterocycles. The number of anilines is 2. The minimum Gasteiger partial charge on any atom is -0.394 e. The fourth-order valence-corrected chi connectivity index (χ4v) is 3.66. The molecule has 0 saturated carbocycles. The molecule has 0 aliphatic rings. The van der Waals surface area contributed by atoms with Gasteiger partial charge in [0.2, 0.25) is 0 Å². The molecule has 4 aromatic rings. The summed E-state index contributed by atoms with van der Waals surface area (Å²) < 4.78 is 10.9. The van der Waals surface area contributed by atoms with Crippen LogP contribution in [0.25, 0.3) is 34.0 Å². The predicted molar refractivity (Wildman–Crippen MR) is 138 cm³/mol. The predicted octanol–water partition coefficient (Wildman–Crippen LogP) is 4.62. The second-order valence-electron chi connectivity index (χ2n) is 8.65. The molecule has 2 heterocycles. The maximum Gasteiger partial charge on any atom is 0.189 e. The average Bonchev–Trinajstić information content (AvgIpc) is 3.37. The van der Waals surface area contributed by atoms with Crippen LogP contribution < -0.4 is 10.6 Å². The van der Waals surface area contributed by atoms with Crippen LogP contribution in [0.2, 0.25) is 0 Å². The molecule has 0 fully saturated rings. The van der Waals surface area contributed by atoms with Gasteiger partial charge in [0.1, 0.15) is 5.69 Å². The zero-order valence-electron chi connectivity index (χ0n) is 20.3. The number of nitrogens with two attached hydrogens (primary N) is 1. The zero-order valence-corrected chi connectivity index (χ0v) is 20.3. The van der Waals surface area contributed by atoms with Crippen LogP contribution in [0.5, 0.6) is 0 Å². The molecule has 0 amide bonds. The maximum absolute atomic E-state index is 8.80. The van der Waals surface area contributed by atoms with E-state index in [1.165, 1.54) is 5.56 Å². The lowest BCUT2D eigenvalue weighted by molar-refractivity contribution is 0.0971. The minimum absolute atomic E-state index is 0.0328. The van der Waals surface area contributed by atoms with Gasteiger partial charge in [0.05, 0.1) is 31.7 Å². The first-order chi connectivity index (χ1) is 17.0. The smallest absolute Gasteiger partial charge is 0.189 e. The van der Waals surface area contributed by atoms with Gasteiger partial charge in [0.25, 0.3) is 0 Å². The fraction of sp³-hybridized carbons (Fsp3) is 0.296. The fourth-order valence-electron chi connectivity index (χ4n) is 3.66. The summed E-state index contributed by atoms with van der Waals surface area (Å²) in [4.78, 5) is 11.1. The van der Waals surface area contributed by atoms with Gasteiger partial charge < -0.3 is 25.0 Å². The SMILES string of the molecule is CC(C)c1ccc(-c2cnc(N)c(-c3cc(-c4ccc(N(C)CCOCCO)cc4)no3)n2)cc1. The summed E-state index contributed by atoms with van der Waals surface area (Å²) in [5.41, 5.74) is 12.2. The van der Waals surface area contributed by atoms with Gasteiger partial charge in [0.15, 0.2) is 17.3 Å². The van der Waals surface area contributed by atoms with Crippen molar-refractivity contribution < 1.29 is 14.4 Å². The Labute approximate surface area is 205 Å². The van der Waals surface area contributed by atoms with Crippen LogP contribution in [0.4, 0.5) is 11.5 Å². The molecule has 0 atom stereocenters. The van der Waals surface area contributed by atoms with E-state index in [9.17, 15) is 0 Å². The summed E-state index contributed by atoms with van der Waals surface area (Å²) in [6.07, 6.45) is 1.67. The van der Waals surface area contributed by atoms with Crippen molar-refractivity contribution in [3.05, 3.63) is 66.4 Å². The lowest BCUT2D eigenvalue weighted by atomic mass is 10.0. The van der Waals surface area contributed by atoms with Crippen molar-refractivity contribution in [3.63, 3.8) is 0 Å². The summed E-state index contributed by atoms with van der Waals surface area (Å²) in [5, 5.41) is 13.0. The second-order valence-corrected chi connectivity index (χ2v) is 8.65. The number of rotatable bonds is 10. The Kier molecular flexibility index (Phi) is 7.74. The number of nitrogen functional groups attached to an aromatic ring is 1. The molecule has 2 aromatic carbocycles. The molecule has 0 aliphatic carbocycles. The Morgan fingerprint density at radius 1 is 1.00 bits per heavy atom. The molecular formula is C27H31N5O3. The molecule has 2 aromatic heterocycles. The van der Waals surface area contributed by atoms with Gasteiger partial charge in [-0.15, -0.1) is 0 Å². The van der Waals surface area contributed by atoms with Crippen LogP contribution in [0.3, 0.4) is 0 Å². The first kappa shape index (κ1) is 24.4. The number of nitrogens with zero attached hydrogens (tertiary/aromatic N) is 4. The van der Waals surface area contributed by atoms with Gasteiger partial charge in [-0.05, 0) is 23.6 Å². The Bertz CT molecular complexity index is 1240. The van der Waals surface area contributed by atoms with E-state index in [0.717, 1.165) is 29.1 Å². The quantitative estimate of drug-likeness (QED) is 0.321. The van der Waals surface area contributed by atoms with Crippen molar-refractivity contribution in [1.82, 2.24) is 15.1 Å². The molecule has 35 heavy (non-hydrogen) atoms. The lowest BCUT2D eigenvalue weighted by Crippen LogP contribution is -2.23. The largest absolute Gasteiger partial charge is 0.394 e. The van der Waals surface area contributed by atoms with Crippen molar-refractivity contribution in [1.29, 1.82) is 0 Å². The maximum atomic E-state index is 8.80. The molecule has 0 spiro atoms. The number of hydrogen-bond donors (Lipinski definition) is 2. The molecule has 8 heteroatoms. The van der Waals surface area contributed by atoms with Gasteiger partial charge >= 0.3 is 0 Å². The highest BCUT2D eigenvalue weighted by Crippen LogP contribution is 2.30. The monoisotopic (exact) mass is 473 g/mol. The molecule has 182 valence electrons. The van der Waals surface area contributed by atoms with E-state index in [0.29, 0.717) is 36.3 Å². The van der Waals surface area contributed by atoms with Gasteiger partial charge in [-0.3, -0.25) is 0 Å². The normalized spacial score (nSPS) is 11.2. The number of aliphatic hydroxyl groups excluding tert-OH is 1. The standard InChI is InChI=1S/C27H31N5O3/c1-18(2)19-4-6-21(7-5-19)24-17-29-27(28)26(30-24)25-16-23(31-35-25)20-8-10-22(11-9-20)32(3)12-14-34-15-13-33/h4-11,16-18,33H,12-15H2,1-3H3,(H2,28,29).